The number of hydrogen-bond acceptors (Lipinski definition) is 3. The van der Waals surface area contributed by atoms with E-state index in [1.807, 2.05) is 0 Å². The highest BCUT2D eigenvalue weighted by Gasteiger charge is 2.64. The standard InChI is InChI=1S/C16H16F3NO4/c1-2-9-24-12-5-3-11(4-6-12)13(21)20-8-7-15(10-20,14(22)23)16(17,18)19/h2-6H,1,7-10H2,(H,22,23). The van der Waals surface area contributed by atoms with Crippen molar-refractivity contribution in [1.82, 2.24) is 4.90 Å². The number of hydrogen-bond donors (Lipinski definition) is 1. The van der Waals surface area contributed by atoms with Crippen LogP contribution in [-0.4, -0.2) is 47.8 Å². The first kappa shape index (κ1) is 17.8. The topological polar surface area (TPSA) is 66.8 Å². The summed E-state index contributed by atoms with van der Waals surface area (Å²) in [5, 5.41) is 9.01. The Labute approximate surface area is 136 Å². The molecule has 1 aromatic carbocycles. The van der Waals surface area contributed by atoms with Crippen molar-refractivity contribution >= 4 is 11.9 Å². The molecular weight excluding hydrogens is 327 g/mol. The van der Waals surface area contributed by atoms with E-state index in [1.54, 1.807) is 6.08 Å². The molecule has 0 bridgehead atoms. The fraction of sp³-hybridized carbons (Fsp3) is 0.375. The van der Waals surface area contributed by atoms with Gasteiger partial charge in [-0.05, 0) is 30.7 Å². The van der Waals surface area contributed by atoms with Crippen LogP contribution in [0.3, 0.4) is 0 Å². The van der Waals surface area contributed by atoms with Crippen LogP contribution in [0.15, 0.2) is 36.9 Å². The minimum atomic E-state index is -4.92. The number of carbonyl (C=O) groups is 2. The molecule has 24 heavy (non-hydrogen) atoms. The van der Waals surface area contributed by atoms with Gasteiger partial charge in [0.15, 0.2) is 5.41 Å². The first-order valence-electron chi connectivity index (χ1n) is 7.14. The van der Waals surface area contributed by atoms with Gasteiger partial charge in [-0.15, -0.1) is 0 Å². The monoisotopic (exact) mass is 343 g/mol. The molecule has 0 radical (unpaired) electrons. The Balaban J connectivity index is 2.14. The smallest absolute Gasteiger partial charge is 0.406 e. The summed E-state index contributed by atoms with van der Waals surface area (Å²) in [6.07, 6.45) is -4.03. The minimum absolute atomic E-state index is 0.171. The number of alkyl halides is 3. The van der Waals surface area contributed by atoms with E-state index in [2.05, 4.69) is 6.58 Å². The highest BCUT2D eigenvalue weighted by Crippen LogP contribution is 2.46. The number of carboxylic acid groups (broad SMARTS) is 1. The van der Waals surface area contributed by atoms with Gasteiger partial charge in [-0.1, -0.05) is 12.7 Å². The second kappa shape index (κ2) is 6.54. The second-order valence-corrected chi connectivity index (χ2v) is 5.49. The Kier molecular flexibility index (Phi) is 4.86. The molecule has 1 N–H and O–H groups in total. The molecule has 5 nitrogen and oxygen atoms in total. The van der Waals surface area contributed by atoms with Gasteiger partial charge in [0.1, 0.15) is 12.4 Å². The number of likely N-dealkylation sites (tertiary alicyclic amines) is 1. The van der Waals surface area contributed by atoms with Gasteiger partial charge in [-0.3, -0.25) is 9.59 Å². The highest BCUT2D eigenvalue weighted by atomic mass is 19.4. The zero-order chi connectivity index (χ0) is 18.0. The molecule has 1 aliphatic heterocycles. The Morgan fingerprint density at radius 2 is 1.96 bits per heavy atom. The number of amides is 1. The fourth-order valence-corrected chi connectivity index (χ4v) is 2.54. The van der Waals surface area contributed by atoms with E-state index in [0.717, 1.165) is 4.90 Å². The summed E-state index contributed by atoms with van der Waals surface area (Å²) < 4.78 is 44.7. The summed E-state index contributed by atoms with van der Waals surface area (Å²) in [5.41, 5.74) is -2.74. The second-order valence-electron chi connectivity index (χ2n) is 5.49. The van der Waals surface area contributed by atoms with E-state index in [4.69, 9.17) is 9.84 Å². The van der Waals surface area contributed by atoms with Crippen molar-refractivity contribution < 1.29 is 32.6 Å². The lowest BCUT2D eigenvalue weighted by Gasteiger charge is -2.27. The van der Waals surface area contributed by atoms with Crippen molar-refractivity contribution in [3.63, 3.8) is 0 Å². The van der Waals surface area contributed by atoms with Crippen LogP contribution in [0.1, 0.15) is 16.8 Å². The first-order chi connectivity index (χ1) is 11.2. The molecule has 0 saturated carbocycles. The molecule has 1 amide bonds. The zero-order valence-corrected chi connectivity index (χ0v) is 12.7. The predicted octanol–water partition coefficient (Wildman–Crippen LogP) is 2.73. The van der Waals surface area contributed by atoms with Crippen LogP contribution in [0, 0.1) is 5.41 Å². The number of aliphatic carboxylic acids is 1. The molecule has 1 heterocycles. The normalized spacial score (nSPS) is 20.7. The van der Waals surface area contributed by atoms with Crippen LogP contribution in [0.5, 0.6) is 5.75 Å². The molecule has 1 saturated heterocycles. The van der Waals surface area contributed by atoms with E-state index >= 15 is 0 Å². The van der Waals surface area contributed by atoms with E-state index in [0.29, 0.717) is 5.75 Å². The van der Waals surface area contributed by atoms with Gasteiger partial charge < -0.3 is 14.7 Å². The van der Waals surface area contributed by atoms with Crippen LogP contribution >= 0.6 is 0 Å². The summed E-state index contributed by atoms with van der Waals surface area (Å²) in [7, 11) is 0. The Morgan fingerprint density at radius 1 is 1.33 bits per heavy atom. The van der Waals surface area contributed by atoms with Crippen LogP contribution in [0.25, 0.3) is 0 Å². The van der Waals surface area contributed by atoms with Crippen molar-refractivity contribution in [3.8, 4) is 5.75 Å². The molecule has 1 aliphatic rings. The molecule has 1 fully saturated rings. The lowest BCUT2D eigenvalue weighted by atomic mass is 9.86. The molecule has 1 aromatic rings. The third-order valence-electron chi connectivity index (χ3n) is 3.98. The number of ether oxygens (including phenoxy) is 1. The number of halogens is 3. The number of benzene rings is 1. The Morgan fingerprint density at radius 3 is 2.42 bits per heavy atom. The number of carbonyl (C=O) groups excluding carboxylic acids is 1. The van der Waals surface area contributed by atoms with Crippen molar-refractivity contribution in [2.75, 3.05) is 19.7 Å². The number of nitrogens with zero attached hydrogens (tertiary/aromatic N) is 1. The van der Waals surface area contributed by atoms with Crippen LogP contribution < -0.4 is 4.74 Å². The van der Waals surface area contributed by atoms with Crippen molar-refractivity contribution in [2.45, 2.75) is 12.6 Å². The molecule has 1 atom stereocenters. The van der Waals surface area contributed by atoms with Crippen LogP contribution in [0.4, 0.5) is 13.2 Å². The summed E-state index contributed by atoms with van der Waals surface area (Å²) >= 11 is 0. The third kappa shape index (κ3) is 3.22. The minimum Gasteiger partial charge on any atom is -0.490 e. The molecule has 0 aliphatic carbocycles. The maximum Gasteiger partial charge on any atom is 0.406 e. The van der Waals surface area contributed by atoms with E-state index in [9.17, 15) is 22.8 Å². The van der Waals surface area contributed by atoms with Gasteiger partial charge in [0.25, 0.3) is 5.91 Å². The highest BCUT2D eigenvalue weighted by molar-refractivity contribution is 5.95. The van der Waals surface area contributed by atoms with Gasteiger partial charge in [-0.25, -0.2) is 0 Å². The van der Waals surface area contributed by atoms with E-state index in [-0.39, 0.29) is 18.7 Å². The van der Waals surface area contributed by atoms with Gasteiger partial charge in [0.05, 0.1) is 0 Å². The SMILES string of the molecule is C=CCOc1ccc(C(=O)N2CCC(C(=O)O)(C(F)(F)F)C2)cc1. The zero-order valence-electron chi connectivity index (χ0n) is 12.7. The van der Waals surface area contributed by atoms with Crippen LogP contribution in [0.2, 0.25) is 0 Å². The van der Waals surface area contributed by atoms with Crippen LogP contribution in [-0.2, 0) is 4.79 Å². The lowest BCUT2D eigenvalue weighted by molar-refractivity contribution is -0.227. The summed E-state index contributed by atoms with van der Waals surface area (Å²) in [5.74, 6) is -2.11. The van der Waals surface area contributed by atoms with Crippen molar-refractivity contribution in [3.05, 3.63) is 42.5 Å². The molecule has 2 rings (SSSR count). The van der Waals surface area contributed by atoms with Gasteiger partial charge in [0, 0.05) is 18.7 Å². The lowest BCUT2D eigenvalue weighted by Crippen LogP contribution is -2.47. The first-order valence-corrected chi connectivity index (χ1v) is 7.14. The molecule has 130 valence electrons. The van der Waals surface area contributed by atoms with Gasteiger partial charge >= 0.3 is 12.1 Å². The average Bonchev–Trinajstić information content (AvgIpc) is 2.99. The van der Waals surface area contributed by atoms with Crippen molar-refractivity contribution in [1.29, 1.82) is 0 Å². The average molecular weight is 343 g/mol. The molecule has 8 heteroatoms. The maximum atomic E-state index is 13.1. The Bertz CT molecular complexity index is 642. The van der Waals surface area contributed by atoms with E-state index in [1.165, 1.54) is 24.3 Å². The summed E-state index contributed by atoms with van der Waals surface area (Å²) in [6, 6.07) is 5.88. The van der Waals surface area contributed by atoms with E-state index < -0.39 is 36.4 Å². The molecule has 0 aromatic heterocycles. The quantitative estimate of drug-likeness (QED) is 0.835. The fourth-order valence-electron chi connectivity index (χ4n) is 2.54. The molecular formula is C16H16F3NO4. The predicted molar refractivity (Wildman–Crippen MR) is 78.8 cm³/mol. The summed E-state index contributed by atoms with van der Waals surface area (Å²) in [4.78, 5) is 24.4. The third-order valence-corrected chi connectivity index (χ3v) is 3.98. The number of carboxylic acids is 1. The largest absolute Gasteiger partial charge is 0.490 e. The maximum absolute atomic E-state index is 13.1. The van der Waals surface area contributed by atoms with Crippen molar-refractivity contribution in [2.24, 2.45) is 5.41 Å². The molecule has 1 unspecified atom stereocenters. The molecule has 0 spiro atoms. The summed E-state index contributed by atoms with van der Waals surface area (Å²) in [6.45, 7) is 2.63. The van der Waals surface area contributed by atoms with Gasteiger partial charge in [0.2, 0.25) is 0 Å². The number of rotatable bonds is 5. The van der Waals surface area contributed by atoms with Gasteiger partial charge in [-0.2, -0.15) is 13.2 Å². The Hall–Kier alpha value is -2.51.